The van der Waals surface area contributed by atoms with Crippen LogP contribution >= 0.6 is 0 Å². The van der Waals surface area contributed by atoms with E-state index in [2.05, 4.69) is 10.6 Å². The van der Waals surface area contributed by atoms with E-state index in [0.717, 1.165) is 25.9 Å². The Morgan fingerprint density at radius 2 is 2.24 bits per heavy atom. The summed E-state index contributed by atoms with van der Waals surface area (Å²) in [5.74, 6) is 0.437. The molecule has 1 heterocycles. The van der Waals surface area contributed by atoms with Gasteiger partial charge in [-0.3, -0.25) is 9.59 Å². The monoisotopic (exact) mass is 241 g/mol. The molecule has 0 radical (unpaired) electrons. The standard InChI is InChI=1S/C12H23N3O2/c1-3-6-15(9-11(16)13-2)12(17)7-10-4-5-14-8-10/h10,14H,3-9H2,1-2H3,(H,13,16). The lowest BCUT2D eigenvalue weighted by Crippen LogP contribution is -2.40. The maximum atomic E-state index is 12.1. The molecule has 1 aliphatic heterocycles. The normalized spacial score (nSPS) is 19.1. The molecule has 1 unspecified atom stereocenters. The van der Waals surface area contributed by atoms with Gasteiger partial charge in [0.25, 0.3) is 0 Å². The first kappa shape index (κ1) is 14.0. The van der Waals surface area contributed by atoms with Crippen LogP contribution in [0.4, 0.5) is 0 Å². The van der Waals surface area contributed by atoms with Gasteiger partial charge in [0.2, 0.25) is 11.8 Å². The highest BCUT2D eigenvalue weighted by Gasteiger charge is 2.22. The van der Waals surface area contributed by atoms with Gasteiger partial charge in [-0.15, -0.1) is 0 Å². The topological polar surface area (TPSA) is 61.4 Å². The summed E-state index contributed by atoms with van der Waals surface area (Å²) in [5.41, 5.74) is 0. The number of likely N-dealkylation sites (N-methyl/N-ethyl adjacent to an activating group) is 1. The van der Waals surface area contributed by atoms with Crippen molar-refractivity contribution < 1.29 is 9.59 Å². The highest BCUT2D eigenvalue weighted by atomic mass is 16.2. The van der Waals surface area contributed by atoms with E-state index in [-0.39, 0.29) is 18.4 Å². The summed E-state index contributed by atoms with van der Waals surface area (Å²) in [6.45, 7) is 4.78. The van der Waals surface area contributed by atoms with Gasteiger partial charge >= 0.3 is 0 Å². The van der Waals surface area contributed by atoms with E-state index < -0.39 is 0 Å². The summed E-state index contributed by atoms with van der Waals surface area (Å²) in [5, 5.41) is 5.81. The molecule has 1 aliphatic rings. The Labute approximate surface area is 103 Å². The number of rotatable bonds is 6. The van der Waals surface area contributed by atoms with Crippen LogP contribution in [0.2, 0.25) is 0 Å². The molecule has 1 saturated heterocycles. The van der Waals surface area contributed by atoms with Gasteiger partial charge in [-0.05, 0) is 31.8 Å². The van der Waals surface area contributed by atoms with Gasteiger partial charge in [0, 0.05) is 20.0 Å². The van der Waals surface area contributed by atoms with Gasteiger partial charge in [-0.2, -0.15) is 0 Å². The molecule has 98 valence electrons. The molecule has 1 fully saturated rings. The lowest BCUT2D eigenvalue weighted by Gasteiger charge is -2.22. The number of carbonyl (C=O) groups is 2. The smallest absolute Gasteiger partial charge is 0.239 e. The lowest BCUT2D eigenvalue weighted by molar-refractivity contribution is -0.136. The van der Waals surface area contributed by atoms with Crippen molar-refractivity contribution >= 4 is 11.8 Å². The third kappa shape index (κ3) is 4.73. The predicted molar refractivity (Wildman–Crippen MR) is 66.5 cm³/mol. The van der Waals surface area contributed by atoms with Crippen LogP contribution in [0.25, 0.3) is 0 Å². The average Bonchev–Trinajstić information content (AvgIpc) is 2.81. The van der Waals surface area contributed by atoms with Gasteiger partial charge in [0.15, 0.2) is 0 Å². The quantitative estimate of drug-likeness (QED) is 0.686. The first-order chi connectivity index (χ1) is 8.17. The molecule has 0 saturated carbocycles. The second kappa shape index (κ2) is 7.27. The Kier molecular flexibility index (Phi) is 5.97. The van der Waals surface area contributed by atoms with E-state index in [9.17, 15) is 9.59 Å². The molecule has 2 N–H and O–H groups in total. The van der Waals surface area contributed by atoms with Crippen LogP contribution in [0.5, 0.6) is 0 Å². The summed E-state index contributed by atoms with van der Waals surface area (Å²) in [7, 11) is 1.60. The van der Waals surface area contributed by atoms with Crippen molar-refractivity contribution in [3.63, 3.8) is 0 Å². The zero-order valence-electron chi connectivity index (χ0n) is 10.8. The zero-order chi connectivity index (χ0) is 12.7. The van der Waals surface area contributed by atoms with Crippen molar-refractivity contribution in [1.82, 2.24) is 15.5 Å². The van der Waals surface area contributed by atoms with Crippen LogP contribution in [0, 0.1) is 5.92 Å². The summed E-state index contributed by atoms with van der Waals surface area (Å²) in [4.78, 5) is 25.0. The summed E-state index contributed by atoms with van der Waals surface area (Å²) in [6, 6.07) is 0. The van der Waals surface area contributed by atoms with Crippen LogP contribution in [-0.2, 0) is 9.59 Å². The highest BCUT2D eigenvalue weighted by Crippen LogP contribution is 2.13. The number of hydrogen-bond donors (Lipinski definition) is 2. The molecule has 2 amide bonds. The molecule has 0 bridgehead atoms. The van der Waals surface area contributed by atoms with Crippen molar-refractivity contribution in [1.29, 1.82) is 0 Å². The van der Waals surface area contributed by atoms with Crippen LogP contribution in [0.3, 0.4) is 0 Å². The minimum absolute atomic E-state index is 0.101. The summed E-state index contributed by atoms with van der Waals surface area (Å²) >= 11 is 0. The molecule has 0 aromatic carbocycles. The second-order valence-electron chi connectivity index (χ2n) is 4.55. The molecule has 5 heteroatoms. The number of nitrogens with one attached hydrogen (secondary N) is 2. The van der Waals surface area contributed by atoms with Crippen LogP contribution in [-0.4, -0.2) is 49.9 Å². The van der Waals surface area contributed by atoms with E-state index in [1.165, 1.54) is 0 Å². The molecule has 5 nitrogen and oxygen atoms in total. The van der Waals surface area contributed by atoms with Crippen molar-refractivity contribution in [2.75, 3.05) is 33.2 Å². The van der Waals surface area contributed by atoms with Crippen LogP contribution < -0.4 is 10.6 Å². The van der Waals surface area contributed by atoms with Crippen molar-refractivity contribution in [3.8, 4) is 0 Å². The fourth-order valence-corrected chi connectivity index (χ4v) is 2.08. The Balaban J connectivity index is 2.43. The third-order valence-corrected chi connectivity index (χ3v) is 3.09. The number of carbonyl (C=O) groups excluding carboxylic acids is 2. The van der Waals surface area contributed by atoms with Gasteiger partial charge < -0.3 is 15.5 Å². The zero-order valence-corrected chi connectivity index (χ0v) is 10.8. The summed E-state index contributed by atoms with van der Waals surface area (Å²) in [6.07, 6.45) is 2.50. The fraction of sp³-hybridized carbons (Fsp3) is 0.833. The lowest BCUT2D eigenvalue weighted by atomic mass is 10.0. The Hall–Kier alpha value is -1.10. The molecule has 0 aromatic rings. The van der Waals surface area contributed by atoms with E-state index in [4.69, 9.17) is 0 Å². The second-order valence-corrected chi connectivity index (χ2v) is 4.55. The van der Waals surface area contributed by atoms with E-state index in [1.807, 2.05) is 6.92 Å². The molecular weight excluding hydrogens is 218 g/mol. The molecule has 0 spiro atoms. The van der Waals surface area contributed by atoms with E-state index >= 15 is 0 Å². The highest BCUT2D eigenvalue weighted by molar-refractivity contribution is 5.84. The Morgan fingerprint density at radius 1 is 1.47 bits per heavy atom. The maximum Gasteiger partial charge on any atom is 0.239 e. The van der Waals surface area contributed by atoms with Crippen LogP contribution in [0.15, 0.2) is 0 Å². The van der Waals surface area contributed by atoms with Gasteiger partial charge in [-0.1, -0.05) is 6.92 Å². The van der Waals surface area contributed by atoms with Crippen molar-refractivity contribution in [2.24, 2.45) is 5.92 Å². The molecule has 1 rings (SSSR count). The fourth-order valence-electron chi connectivity index (χ4n) is 2.08. The minimum Gasteiger partial charge on any atom is -0.358 e. The summed E-state index contributed by atoms with van der Waals surface area (Å²) < 4.78 is 0. The average molecular weight is 241 g/mol. The number of amides is 2. The third-order valence-electron chi connectivity index (χ3n) is 3.09. The minimum atomic E-state index is -0.101. The molecule has 0 aliphatic carbocycles. The van der Waals surface area contributed by atoms with E-state index in [0.29, 0.717) is 18.9 Å². The SMILES string of the molecule is CCCN(CC(=O)NC)C(=O)CC1CCNC1. The van der Waals surface area contributed by atoms with E-state index in [1.54, 1.807) is 11.9 Å². The molecule has 1 atom stereocenters. The van der Waals surface area contributed by atoms with Crippen LogP contribution in [0.1, 0.15) is 26.2 Å². The Morgan fingerprint density at radius 3 is 2.76 bits per heavy atom. The predicted octanol–water partition coefficient (Wildman–Crippen LogP) is -0.0294. The van der Waals surface area contributed by atoms with Gasteiger partial charge in [0.1, 0.15) is 0 Å². The van der Waals surface area contributed by atoms with Crippen molar-refractivity contribution in [3.05, 3.63) is 0 Å². The first-order valence-electron chi connectivity index (χ1n) is 6.36. The van der Waals surface area contributed by atoms with Gasteiger partial charge in [-0.25, -0.2) is 0 Å². The molecule has 17 heavy (non-hydrogen) atoms. The van der Waals surface area contributed by atoms with Gasteiger partial charge in [0.05, 0.1) is 6.54 Å². The first-order valence-corrected chi connectivity index (χ1v) is 6.36. The Bertz CT molecular complexity index is 262. The van der Waals surface area contributed by atoms with Crippen molar-refractivity contribution in [2.45, 2.75) is 26.2 Å². The largest absolute Gasteiger partial charge is 0.358 e. The maximum absolute atomic E-state index is 12.1. The molecule has 0 aromatic heterocycles. The number of hydrogen-bond acceptors (Lipinski definition) is 3. The number of nitrogens with zero attached hydrogens (tertiary/aromatic N) is 1. The molecular formula is C12H23N3O2.